The molecule has 0 radical (unpaired) electrons. The largest absolute Gasteiger partial charge is 0.311 e. The van der Waals surface area contributed by atoms with Crippen molar-refractivity contribution < 1.29 is 0 Å². The minimum Gasteiger partial charge on any atom is -0.311 e. The first-order chi connectivity index (χ1) is 12.2. The van der Waals surface area contributed by atoms with Gasteiger partial charge in [-0.25, -0.2) is 4.68 Å². The molecule has 1 aliphatic heterocycles. The van der Waals surface area contributed by atoms with Crippen molar-refractivity contribution in [3.05, 3.63) is 54.1 Å². The first-order valence-corrected chi connectivity index (χ1v) is 9.87. The summed E-state index contributed by atoms with van der Waals surface area (Å²) in [6.45, 7) is 5.26. The third-order valence-corrected chi connectivity index (χ3v) is 5.70. The molecule has 25 heavy (non-hydrogen) atoms. The summed E-state index contributed by atoms with van der Waals surface area (Å²) in [6.07, 6.45) is 3.15. The number of para-hydroxylation sites is 1. The molecule has 3 aromatic rings. The fraction of sp³-hybridized carbons (Fsp3) is 0.300. The summed E-state index contributed by atoms with van der Waals surface area (Å²) < 4.78 is 4.43. The highest BCUT2D eigenvalue weighted by atomic mass is 32.2. The van der Waals surface area contributed by atoms with Gasteiger partial charge in [-0.3, -0.25) is 0 Å². The van der Waals surface area contributed by atoms with Crippen molar-refractivity contribution >= 4 is 17.6 Å². The molecular formula is C20H22N4S. The molecule has 0 N–H and O–H groups in total. The van der Waals surface area contributed by atoms with Crippen LogP contribution >= 0.6 is 11.9 Å². The molecule has 1 aromatic heterocycles. The average Bonchev–Trinajstić information content (AvgIpc) is 3.09. The fourth-order valence-corrected chi connectivity index (χ4v) is 4.01. The molecule has 1 aliphatic rings. The SMILES string of the molecule is CCC(C)n1nnc2c1-c1ccccc1CN(SC)c1ccccc1-2. The molecule has 4 rings (SSSR count). The van der Waals surface area contributed by atoms with Gasteiger partial charge in [0.1, 0.15) is 5.69 Å². The van der Waals surface area contributed by atoms with Crippen LogP contribution in [0.3, 0.4) is 0 Å². The number of anilines is 1. The van der Waals surface area contributed by atoms with Crippen molar-refractivity contribution in [2.24, 2.45) is 0 Å². The molecule has 4 nitrogen and oxygen atoms in total. The summed E-state index contributed by atoms with van der Waals surface area (Å²) in [5, 5.41) is 9.16. The molecule has 0 amide bonds. The summed E-state index contributed by atoms with van der Waals surface area (Å²) in [5.41, 5.74) is 6.99. The second kappa shape index (κ2) is 6.56. The minimum absolute atomic E-state index is 0.313. The molecule has 1 unspecified atom stereocenters. The van der Waals surface area contributed by atoms with Crippen LogP contribution in [0.2, 0.25) is 0 Å². The zero-order valence-corrected chi connectivity index (χ0v) is 15.6. The minimum atomic E-state index is 0.313. The van der Waals surface area contributed by atoms with E-state index in [0.717, 1.165) is 29.9 Å². The van der Waals surface area contributed by atoms with Gasteiger partial charge in [0.2, 0.25) is 0 Å². The number of nitrogens with zero attached hydrogens (tertiary/aromatic N) is 4. The van der Waals surface area contributed by atoms with E-state index in [4.69, 9.17) is 0 Å². The Kier molecular flexibility index (Phi) is 4.25. The van der Waals surface area contributed by atoms with Gasteiger partial charge < -0.3 is 4.31 Å². The summed E-state index contributed by atoms with van der Waals surface area (Å²) in [7, 11) is 0. The normalized spacial score (nSPS) is 14.1. The molecule has 0 saturated carbocycles. The van der Waals surface area contributed by atoms with Crippen molar-refractivity contribution in [1.29, 1.82) is 0 Å². The molecule has 5 heteroatoms. The van der Waals surface area contributed by atoms with Gasteiger partial charge >= 0.3 is 0 Å². The number of hydrogen-bond donors (Lipinski definition) is 0. The van der Waals surface area contributed by atoms with Crippen molar-refractivity contribution in [1.82, 2.24) is 15.0 Å². The van der Waals surface area contributed by atoms with Gasteiger partial charge in [0.15, 0.2) is 0 Å². The molecule has 0 fully saturated rings. The van der Waals surface area contributed by atoms with Crippen LogP contribution < -0.4 is 4.31 Å². The molecule has 0 bridgehead atoms. The molecule has 2 aromatic carbocycles. The Hall–Kier alpha value is -2.27. The van der Waals surface area contributed by atoms with Gasteiger partial charge in [-0.15, -0.1) is 5.10 Å². The van der Waals surface area contributed by atoms with E-state index < -0.39 is 0 Å². The van der Waals surface area contributed by atoms with E-state index in [1.165, 1.54) is 16.8 Å². The molecule has 0 saturated heterocycles. The van der Waals surface area contributed by atoms with Crippen LogP contribution in [-0.4, -0.2) is 21.2 Å². The Labute approximate surface area is 153 Å². The number of fused-ring (bicyclic) bond motifs is 5. The van der Waals surface area contributed by atoms with Crippen molar-refractivity contribution in [3.8, 4) is 22.5 Å². The van der Waals surface area contributed by atoms with Crippen LogP contribution in [0.5, 0.6) is 0 Å². The maximum Gasteiger partial charge on any atom is 0.123 e. The lowest BCUT2D eigenvalue weighted by Gasteiger charge is -2.28. The Morgan fingerprint density at radius 1 is 1.08 bits per heavy atom. The molecule has 128 valence electrons. The Balaban J connectivity index is 2.06. The predicted octanol–water partition coefficient (Wildman–Crippen LogP) is 5.18. The van der Waals surface area contributed by atoms with E-state index in [2.05, 4.69) is 87.9 Å². The second-order valence-electron chi connectivity index (χ2n) is 6.38. The van der Waals surface area contributed by atoms with E-state index >= 15 is 0 Å². The molecular weight excluding hydrogens is 328 g/mol. The standard InChI is InChI=1S/C20H22N4S/c1-4-14(2)24-20-16-10-6-5-9-15(16)13-23(25-3)18-12-8-7-11-17(18)19(20)21-22-24/h5-12,14H,4,13H2,1-3H3. The van der Waals surface area contributed by atoms with E-state index in [1.807, 2.05) is 0 Å². The van der Waals surface area contributed by atoms with Gasteiger partial charge in [-0.05, 0) is 25.0 Å². The Morgan fingerprint density at radius 3 is 2.56 bits per heavy atom. The highest BCUT2D eigenvalue weighted by Gasteiger charge is 2.27. The lowest BCUT2D eigenvalue weighted by molar-refractivity contribution is 0.469. The molecule has 1 atom stereocenters. The van der Waals surface area contributed by atoms with Crippen LogP contribution in [0.25, 0.3) is 22.5 Å². The molecule has 0 aliphatic carbocycles. The van der Waals surface area contributed by atoms with Crippen molar-refractivity contribution in [3.63, 3.8) is 0 Å². The highest BCUT2D eigenvalue weighted by molar-refractivity contribution is 7.99. The molecule has 0 spiro atoms. The quantitative estimate of drug-likeness (QED) is 0.609. The Morgan fingerprint density at radius 2 is 1.80 bits per heavy atom. The van der Waals surface area contributed by atoms with Crippen molar-refractivity contribution in [2.45, 2.75) is 32.9 Å². The van der Waals surface area contributed by atoms with Crippen LogP contribution in [-0.2, 0) is 6.54 Å². The van der Waals surface area contributed by atoms with E-state index in [0.29, 0.717) is 6.04 Å². The third kappa shape index (κ3) is 2.63. The van der Waals surface area contributed by atoms with E-state index in [1.54, 1.807) is 11.9 Å². The van der Waals surface area contributed by atoms with Gasteiger partial charge in [-0.1, -0.05) is 66.5 Å². The number of aromatic nitrogens is 3. The predicted molar refractivity (Wildman–Crippen MR) is 106 cm³/mol. The summed E-state index contributed by atoms with van der Waals surface area (Å²) >= 11 is 1.75. The van der Waals surface area contributed by atoms with Crippen LogP contribution in [0, 0.1) is 0 Å². The number of rotatable bonds is 3. The topological polar surface area (TPSA) is 34.0 Å². The van der Waals surface area contributed by atoms with Crippen LogP contribution in [0.1, 0.15) is 31.9 Å². The summed E-state index contributed by atoms with van der Waals surface area (Å²) in [6, 6.07) is 17.4. The van der Waals surface area contributed by atoms with Gasteiger partial charge in [0, 0.05) is 17.4 Å². The van der Waals surface area contributed by atoms with Gasteiger partial charge in [0.25, 0.3) is 0 Å². The number of benzene rings is 2. The van der Waals surface area contributed by atoms with Crippen LogP contribution in [0.4, 0.5) is 5.69 Å². The van der Waals surface area contributed by atoms with Crippen molar-refractivity contribution in [2.75, 3.05) is 10.6 Å². The highest BCUT2D eigenvalue weighted by Crippen LogP contribution is 2.43. The summed E-state index contributed by atoms with van der Waals surface area (Å²) in [4.78, 5) is 0. The zero-order valence-electron chi connectivity index (χ0n) is 14.8. The maximum absolute atomic E-state index is 4.61. The monoisotopic (exact) mass is 350 g/mol. The lowest BCUT2D eigenvalue weighted by Crippen LogP contribution is -2.17. The summed E-state index contributed by atoms with van der Waals surface area (Å²) in [5.74, 6) is 0. The van der Waals surface area contributed by atoms with Gasteiger partial charge in [0.05, 0.1) is 24.0 Å². The molecule has 2 heterocycles. The zero-order chi connectivity index (χ0) is 17.4. The lowest BCUT2D eigenvalue weighted by atomic mass is 9.96. The maximum atomic E-state index is 4.61. The first-order valence-electron chi connectivity index (χ1n) is 8.69. The van der Waals surface area contributed by atoms with Gasteiger partial charge in [-0.2, -0.15) is 0 Å². The average molecular weight is 350 g/mol. The fourth-order valence-electron chi connectivity index (χ4n) is 3.39. The van der Waals surface area contributed by atoms with E-state index in [-0.39, 0.29) is 0 Å². The van der Waals surface area contributed by atoms with Crippen LogP contribution in [0.15, 0.2) is 48.5 Å². The number of hydrogen-bond acceptors (Lipinski definition) is 4. The first kappa shape index (κ1) is 16.2. The second-order valence-corrected chi connectivity index (χ2v) is 7.19. The van der Waals surface area contributed by atoms with E-state index in [9.17, 15) is 0 Å². The smallest absolute Gasteiger partial charge is 0.123 e. The third-order valence-electron chi connectivity index (χ3n) is 4.94. The Bertz CT molecular complexity index is 902.